The minimum atomic E-state index is -0.812. The number of rotatable bonds is 20. The molecule has 0 bridgehead atoms. The molecule has 0 fully saturated rings. The van der Waals surface area contributed by atoms with Crippen LogP contribution in [0, 0.1) is 0 Å². The maximum atomic E-state index is 12.3. The van der Waals surface area contributed by atoms with Crippen molar-refractivity contribution in [1.29, 1.82) is 0 Å². The van der Waals surface area contributed by atoms with Crippen LogP contribution in [0.4, 0.5) is 11.6 Å². The number of aryl methyl sites for hydroxylation is 2. The Balaban J connectivity index is 1.38. The average molecular weight is 671 g/mol. The predicted octanol–water partition coefficient (Wildman–Crippen LogP) is 2.17. The number of nitrogens with one attached hydrogen (secondary N) is 1. The number of aromatic nitrogens is 2. The van der Waals surface area contributed by atoms with Crippen molar-refractivity contribution in [1.82, 2.24) is 20.2 Å². The smallest absolute Gasteiger partial charge is 0.280 e. The number of ether oxygens (including phenoxy) is 1. The van der Waals surface area contributed by atoms with Gasteiger partial charge in [-0.25, -0.2) is 9.97 Å². The molecule has 2 atom stereocenters. The van der Waals surface area contributed by atoms with Crippen LogP contribution in [-0.2, 0) is 12.8 Å². The quantitative estimate of drug-likeness (QED) is 0.0525. The highest BCUT2D eigenvalue weighted by molar-refractivity contribution is 6.31. The second-order valence-electron chi connectivity index (χ2n) is 11.3. The molecular weight excluding hydrogens is 624 g/mol. The number of carbonyl (C=O) groups excluding carboxylic acids is 1. The molecule has 14 heteroatoms. The summed E-state index contributed by atoms with van der Waals surface area (Å²) in [6.07, 6.45) is 3.72. The van der Waals surface area contributed by atoms with E-state index < -0.39 is 18.1 Å². The Morgan fingerprint density at radius 1 is 0.915 bits per heavy atom. The Labute approximate surface area is 280 Å². The monoisotopic (exact) mass is 670 g/mol. The molecule has 1 amide bonds. The van der Waals surface area contributed by atoms with Crippen LogP contribution in [0.2, 0.25) is 5.15 Å². The van der Waals surface area contributed by atoms with E-state index in [4.69, 9.17) is 38.6 Å². The van der Waals surface area contributed by atoms with E-state index in [9.17, 15) is 15.0 Å². The summed E-state index contributed by atoms with van der Waals surface area (Å²) < 4.78 is 6.01. The number of halogens is 1. The van der Waals surface area contributed by atoms with Gasteiger partial charge in [0.25, 0.3) is 5.91 Å². The molecule has 0 saturated carbocycles. The van der Waals surface area contributed by atoms with Crippen LogP contribution in [0.3, 0.4) is 0 Å². The Morgan fingerprint density at radius 3 is 2.32 bits per heavy atom. The number of amides is 1. The van der Waals surface area contributed by atoms with Gasteiger partial charge in [-0.2, -0.15) is 0 Å². The van der Waals surface area contributed by atoms with E-state index in [0.29, 0.717) is 39.1 Å². The van der Waals surface area contributed by atoms with Gasteiger partial charge in [-0.1, -0.05) is 54.1 Å². The zero-order valence-corrected chi connectivity index (χ0v) is 27.4. The Kier molecular flexibility index (Phi) is 16.2. The van der Waals surface area contributed by atoms with Crippen LogP contribution in [0.15, 0.2) is 59.6 Å². The van der Waals surface area contributed by atoms with Crippen molar-refractivity contribution in [3.05, 3.63) is 76.6 Å². The number of nitrogen functional groups attached to an aromatic ring is 2. The summed E-state index contributed by atoms with van der Waals surface area (Å²) in [5.74, 6) is -0.197. The molecule has 0 unspecified atom stereocenters. The minimum Gasteiger partial charge on any atom is -0.492 e. The van der Waals surface area contributed by atoms with E-state index in [1.807, 2.05) is 42.5 Å². The molecule has 0 saturated heterocycles. The lowest BCUT2D eigenvalue weighted by atomic mass is 10.1. The maximum Gasteiger partial charge on any atom is 0.280 e. The first-order chi connectivity index (χ1) is 22.6. The van der Waals surface area contributed by atoms with E-state index in [1.54, 1.807) is 0 Å². The zero-order valence-electron chi connectivity index (χ0n) is 26.6. The fourth-order valence-electron chi connectivity index (χ4n) is 4.82. The molecular formula is C33H47ClN8O5. The van der Waals surface area contributed by atoms with Gasteiger partial charge in [0.15, 0.2) is 28.4 Å². The predicted molar refractivity (Wildman–Crippen MR) is 184 cm³/mol. The number of hydrogen-bond acceptors (Lipinski definition) is 11. The lowest BCUT2D eigenvalue weighted by Crippen LogP contribution is -2.38. The van der Waals surface area contributed by atoms with E-state index in [-0.39, 0.29) is 35.0 Å². The highest BCUT2D eigenvalue weighted by Gasteiger charge is 2.17. The fraction of sp³-hybridized carbons (Fsp3) is 0.455. The highest BCUT2D eigenvalue weighted by atomic mass is 35.5. The van der Waals surface area contributed by atoms with E-state index in [0.717, 1.165) is 50.0 Å². The summed E-state index contributed by atoms with van der Waals surface area (Å²) in [6, 6.07) is 18.3. The van der Waals surface area contributed by atoms with E-state index >= 15 is 0 Å². The molecule has 2 aromatic carbocycles. The van der Waals surface area contributed by atoms with Gasteiger partial charge in [0.1, 0.15) is 12.4 Å². The SMILES string of the molecule is NC(=NCCCCc1ccc(OCCN(CCCc2ccccc2)C[C@H](O)CC[C@H](O)CO)cc1)NC(=O)c1nc(Cl)c(N)nc1N. The number of aliphatic imine (C=N–C) groups is 1. The number of nitrogens with zero attached hydrogens (tertiary/aromatic N) is 4. The standard InChI is InChI=1S/C33H47ClN8O5/c34-29-31(36)40-30(35)28(39-29)32(46)41-33(37)38-17-5-4-9-24-11-15-27(16-12-24)47-20-19-42(21-25(44)13-14-26(45)22-43)18-6-10-23-7-2-1-3-8-23/h1-3,7-8,11-12,15-16,25-26,43-45H,4-6,9-10,13-14,17-22H2,(H4,35,36,40)(H3,37,38,41,46)/t25-,26+/m1/s1. The molecule has 256 valence electrons. The summed E-state index contributed by atoms with van der Waals surface area (Å²) >= 11 is 5.82. The zero-order chi connectivity index (χ0) is 34.0. The van der Waals surface area contributed by atoms with Gasteiger partial charge in [-0.05, 0) is 74.8 Å². The molecule has 10 N–H and O–H groups in total. The van der Waals surface area contributed by atoms with Gasteiger partial charge in [-0.3, -0.25) is 20.0 Å². The second-order valence-corrected chi connectivity index (χ2v) is 11.6. The van der Waals surface area contributed by atoms with Crippen LogP contribution in [0.1, 0.15) is 53.7 Å². The number of nitrogens with two attached hydrogens (primary N) is 3. The van der Waals surface area contributed by atoms with Crippen molar-refractivity contribution in [3.63, 3.8) is 0 Å². The molecule has 0 aliphatic rings. The van der Waals surface area contributed by atoms with Gasteiger partial charge in [0.2, 0.25) is 0 Å². The number of aliphatic hydroxyl groups is 3. The molecule has 1 aromatic heterocycles. The van der Waals surface area contributed by atoms with Crippen molar-refractivity contribution < 1.29 is 24.9 Å². The van der Waals surface area contributed by atoms with Gasteiger partial charge < -0.3 is 37.3 Å². The topological polar surface area (TPSA) is 218 Å². The summed E-state index contributed by atoms with van der Waals surface area (Å²) in [7, 11) is 0. The van der Waals surface area contributed by atoms with Crippen LogP contribution < -0.4 is 27.3 Å². The molecule has 1 heterocycles. The highest BCUT2D eigenvalue weighted by Crippen LogP contribution is 2.17. The number of hydrogen-bond donors (Lipinski definition) is 7. The number of benzene rings is 2. The van der Waals surface area contributed by atoms with Crippen molar-refractivity contribution in [3.8, 4) is 5.75 Å². The first-order valence-corrected chi connectivity index (χ1v) is 16.2. The van der Waals surface area contributed by atoms with Gasteiger partial charge in [0, 0.05) is 19.6 Å². The number of guanidine groups is 1. The Morgan fingerprint density at radius 2 is 1.60 bits per heavy atom. The first kappa shape index (κ1) is 37.4. The van der Waals surface area contributed by atoms with Crippen molar-refractivity contribution in [2.45, 2.75) is 57.2 Å². The summed E-state index contributed by atoms with van der Waals surface area (Å²) in [5, 5.41) is 31.5. The number of carbonyl (C=O) groups is 1. The van der Waals surface area contributed by atoms with Crippen LogP contribution in [0.25, 0.3) is 0 Å². The van der Waals surface area contributed by atoms with Gasteiger partial charge >= 0.3 is 0 Å². The minimum absolute atomic E-state index is 0.0598. The number of unbranched alkanes of at least 4 members (excludes halogenated alkanes) is 1. The molecule has 47 heavy (non-hydrogen) atoms. The molecule has 0 radical (unpaired) electrons. The van der Waals surface area contributed by atoms with Gasteiger partial charge in [-0.15, -0.1) is 0 Å². The summed E-state index contributed by atoms with van der Waals surface area (Å²) in [6.45, 7) is 2.51. The largest absolute Gasteiger partial charge is 0.492 e. The first-order valence-electron chi connectivity index (χ1n) is 15.8. The normalized spacial score (nSPS) is 13.0. The summed E-state index contributed by atoms with van der Waals surface area (Å²) in [4.78, 5) is 26.3. The lowest BCUT2D eigenvalue weighted by molar-refractivity contribution is 0.0540. The van der Waals surface area contributed by atoms with Crippen LogP contribution >= 0.6 is 11.6 Å². The Bertz CT molecular complexity index is 1400. The number of anilines is 2. The van der Waals surface area contributed by atoms with Crippen LogP contribution in [0.5, 0.6) is 5.75 Å². The summed E-state index contributed by atoms with van der Waals surface area (Å²) in [5.41, 5.74) is 19.3. The van der Waals surface area contributed by atoms with E-state index in [2.05, 4.69) is 37.3 Å². The molecule has 0 aliphatic carbocycles. The molecule has 0 aliphatic heterocycles. The van der Waals surface area contributed by atoms with Gasteiger partial charge in [0.05, 0.1) is 18.8 Å². The molecule has 13 nitrogen and oxygen atoms in total. The maximum absolute atomic E-state index is 12.3. The average Bonchev–Trinajstić information content (AvgIpc) is 3.06. The fourth-order valence-corrected chi connectivity index (χ4v) is 4.95. The third kappa shape index (κ3) is 14.1. The number of aliphatic hydroxyl groups excluding tert-OH is 3. The Hall–Kier alpha value is -4.01. The third-order valence-corrected chi connectivity index (χ3v) is 7.69. The second kappa shape index (κ2) is 20.3. The van der Waals surface area contributed by atoms with Crippen molar-refractivity contribution in [2.75, 3.05) is 50.9 Å². The third-order valence-electron chi connectivity index (χ3n) is 7.41. The molecule has 3 rings (SSSR count). The van der Waals surface area contributed by atoms with Crippen LogP contribution in [-0.4, -0.2) is 93.7 Å². The van der Waals surface area contributed by atoms with E-state index in [1.165, 1.54) is 5.56 Å². The molecule has 3 aromatic rings. The van der Waals surface area contributed by atoms with Crippen molar-refractivity contribution >= 4 is 35.1 Å². The molecule has 0 spiro atoms. The lowest BCUT2D eigenvalue weighted by Gasteiger charge is -2.25. The van der Waals surface area contributed by atoms with Crippen molar-refractivity contribution in [2.24, 2.45) is 10.7 Å².